The maximum atomic E-state index is 14.2. The van der Waals surface area contributed by atoms with E-state index in [1.165, 1.54) is 5.56 Å². The molecule has 1 aromatic carbocycles. The first-order chi connectivity index (χ1) is 23.6. The minimum absolute atomic E-state index is 0.0385. The minimum Gasteiger partial charge on any atom is -0.379 e. The first kappa shape index (κ1) is 43.5. The van der Waals surface area contributed by atoms with Crippen LogP contribution >= 0.6 is 0 Å². The Morgan fingerprint density at radius 3 is 2.04 bits per heavy atom. The van der Waals surface area contributed by atoms with Crippen molar-refractivity contribution in [3.05, 3.63) is 35.9 Å². The molecule has 2 rings (SSSR count). The van der Waals surface area contributed by atoms with E-state index in [1.54, 1.807) is 26.2 Å². The summed E-state index contributed by atoms with van der Waals surface area (Å²) in [5.74, 6) is -0.611. The van der Waals surface area contributed by atoms with Gasteiger partial charge in [0.15, 0.2) is 5.78 Å². The van der Waals surface area contributed by atoms with Gasteiger partial charge in [-0.3, -0.25) is 24.1 Å². The van der Waals surface area contributed by atoms with Gasteiger partial charge >= 0.3 is 0 Å². The summed E-state index contributed by atoms with van der Waals surface area (Å²) in [6.45, 7) is 14.7. The molecule has 1 saturated heterocycles. The molecule has 0 unspecified atom stereocenters. The molecular formula is C41H69N3O6. The fraction of sp³-hybridized carbons (Fsp3) is 0.756. The van der Waals surface area contributed by atoms with Crippen molar-refractivity contribution in [1.29, 1.82) is 0 Å². The number of Topliss-reactive ketones (excluding diaryl/α,β-unsaturated/α-hetero) is 2. The van der Waals surface area contributed by atoms with Gasteiger partial charge in [-0.15, -0.1) is 0 Å². The number of hydrogen-bond acceptors (Lipinski definition) is 7. The van der Waals surface area contributed by atoms with E-state index in [1.807, 2.05) is 76.7 Å². The quantitative estimate of drug-likeness (QED) is 0.140. The number of carbonyl (C=O) groups is 4. The summed E-state index contributed by atoms with van der Waals surface area (Å²) in [5.41, 5.74) is 1.22. The molecule has 0 aromatic heterocycles. The highest BCUT2D eigenvalue weighted by Crippen LogP contribution is 2.31. The van der Waals surface area contributed by atoms with Gasteiger partial charge in [0.05, 0.1) is 36.8 Å². The summed E-state index contributed by atoms with van der Waals surface area (Å²) in [5, 5.41) is 0. The molecule has 284 valence electrons. The summed E-state index contributed by atoms with van der Waals surface area (Å²) in [6, 6.07) is 9.35. The van der Waals surface area contributed by atoms with Gasteiger partial charge in [-0.1, -0.05) is 85.2 Å². The van der Waals surface area contributed by atoms with Crippen LogP contribution in [0.3, 0.4) is 0 Å². The normalized spacial score (nSPS) is 19.3. The summed E-state index contributed by atoms with van der Waals surface area (Å²) in [7, 11) is 8.85. The van der Waals surface area contributed by atoms with Crippen molar-refractivity contribution >= 4 is 23.4 Å². The first-order valence-electron chi connectivity index (χ1n) is 19.0. The molecule has 50 heavy (non-hydrogen) atoms. The van der Waals surface area contributed by atoms with E-state index in [0.29, 0.717) is 13.0 Å². The highest BCUT2D eigenvalue weighted by atomic mass is 16.5. The smallest absolute Gasteiger partial charge is 0.226 e. The number of carbonyl (C=O) groups excluding carboxylic acids is 4. The van der Waals surface area contributed by atoms with Gasteiger partial charge in [0.25, 0.3) is 0 Å². The maximum absolute atomic E-state index is 14.2. The second-order valence-electron chi connectivity index (χ2n) is 15.6. The number of ether oxygens (including phenoxy) is 2. The summed E-state index contributed by atoms with van der Waals surface area (Å²) < 4.78 is 12.0. The van der Waals surface area contributed by atoms with Gasteiger partial charge in [-0.2, -0.15) is 0 Å². The van der Waals surface area contributed by atoms with Crippen LogP contribution in [0.1, 0.15) is 99.0 Å². The molecule has 1 aliphatic rings. The number of aryl methyl sites for hydroxylation is 1. The number of hydrogen-bond donors (Lipinski definition) is 0. The predicted octanol–water partition coefficient (Wildman–Crippen LogP) is 6.32. The molecule has 0 spiro atoms. The van der Waals surface area contributed by atoms with Gasteiger partial charge in [0.2, 0.25) is 11.8 Å². The van der Waals surface area contributed by atoms with E-state index in [4.69, 9.17) is 9.47 Å². The highest BCUT2D eigenvalue weighted by Gasteiger charge is 2.43. The lowest BCUT2D eigenvalue weighted by Gasteiger charge is -2.41. The second kappa shape index (κ2) is 21.0. The number of rotatable bonds is 22. The van der Waals surface area contributed by atoms with Crippen molar-refractivity contribution in [3.8, 4) is 0 Å². The summed E-state index contributed by atoms with van der Waals surface area (Å²) >= 11 is 0. The summed E-state index contributed by atoms with van der Waals surface area (Å²) in [4.78, 5) is 60.8. The second-order valence-corrected chi connectivity index (χ2v) is 15.6. The molecule has 0 radical (unpaired) electrons. The third kappa shape index (κ3) is 11.7. The van der Waals surface area contributed by atoms with E-state index in [9.17, 15) is 19.2 Å². The molecule has 0 bridgehead atoms. The van der Waals surface area contributed by atoms with Crippen LogP contribution < -0.4 is 0 Å². The topological polar surface area (TPSA) is 96.5 Å². The van der Waals surface area contributed by atoms with Crippen LogP contribution in [0.15, 0.2) is 30.3 Å². The number of likely N-dealkylation sites (N-methyl/N-ethyl adjacent to an activating group) is 2. The third-order valence-corrected chi connectivity index (χ3v) is 11.1. The van der Waals surface area contributed by atoms with Gasteiger partial charge in [-0.05, 0) is 63.1 Å². The molecular weight excluding hydrogens is 630 g/mol. The maximum Gasteiger partial charge on any atom is 0.226 e. The molecule has 2 amide bonds. The zero-order valence-electron chi connectivity index (χ0n) is 33.3. The zero-order chi connectivity index (χ0) is 37.7. The zero-order valence-corrected chi connectivity index (χ0v) is 33.3. The Bertz CT molecular complexity index is 1200. The van der Waals surface area contributed by atoms with E-state index < -0.39 is 18.1 Å². The van der Waals surface area contributed by atoms with E-state index >= 15 is 0 Å². The van der Waals surface area contributed by atoms with Crippen molar-refractivity contribution in [2.24, 2.45) is 29.6 Å². The van der Waals surface area contributed by atoms with Gasteiger partial charge in [-0.25, -0.2) is 0 Å². The number of likely N-dealkylation sites (tertiary alicyclic amines) is 1. The van der Waals surface area contributed by atoms with Crippen LogP contribution in [0.2, 0.25) is 0 Å². The predicted molar refractivity (Wildman–Crippen MR) is 201 cm³/mol. The number of amides is 2. The largest absolute Gasteiger partial charge is 0.379 e. The van der Waals surface area contributed by atoms with E-state index in [0.717, 1.165) is 32.1 Å². The number of methoxy groups -OCH3 is 2. The van der Waals surface area contributed by atoms with Crippen LogP contribution in [0.25, 0.3) is 0 Å². The Kier molecular flexibility index (Phi) is 18.3. The monoisotopic (exact) mass is 700 g/mol. The fourth-order valence-electron chi connectivity index (χ4n) is 8.14. The first-order valence-corrected chi connectivity index (χ1v) is 19.0. The lowest BCUT2D eigenvalue weighted by atomic mass is 9.83. The van der Waals surface area contributed by atoms with Gasteiger partial charge in [0.1, 0.15) is 5.78 Å². The van der Waals surface area contributed by atoms with Crippen LogP contribution in [0, 0.1) is 29.6 Å². The summed E-state index contributed by atoms with van der Waals surface area (Å²) in [6.07, 6.45) is 3.82. The highest BCUT2D eigenvalue weighted by molar-refractivity contribution is 5.90. The average molecular weight is 700 g/mol. The van der Waals surface area contributed by atoms with Crippen molar-refractivity contribution in [2.45, 2.75) is 130 Å². The van der Waals surface area contributed by atoms with E-state index in [-0.39, 0.29) is 78.0 Å². The van der Waals surface area contributed by atoms with Crippen molar-refractivity contribution in [2.75, 3.05) is 41.9 Å². The third-order valence-electron chi connectivity index (χ3n) is 11.1. The molecule has 0 aliphatic carbocycles. The van der Waals surface area contributed by atoms with Crippen LogP contribution in [0.5, 0.6) is 0 Å². The van der Waals surface area contributed by atoms with Crippen LogP contribution in [0.4, 0.5) is 0 Å². The lowest BCUT2D eigenvalue weighted by molar-refractivity contribution is -0.149. The number of ketones is 2. The molecule has 9 nitrogen and oxygen atoms in total. The van der Waals surface area contributed by atoms with Crippen LogP contribution in [-0.4, -0.2) is 110 Å². The molecule has 1 aliphatic heterocycles. The SMILES string of the molecule is CC[C@H](C)[C@@H]([C@@H](CC(=O)N1CCC[C@H]1[C@H](OC)[C@@H](C)C(=O)CCCc1ccccc1)OC)N(C)C(=O)[C@@H](CC(=O)[C@H](C(C)C)N(C)C)C(C)C. The fourth-order valence-corrected chi connectivity index (χ4v) is 8.14. The Labute approximate surface area is 303 Å². The Hall–Kier alpha value is -2.62. The lowest BCUT2D eigenvalue weighted by Crippen LogP contribution is -2.54. The molecule has 0 N–H and O–H groups in total. The van der Waals surface area contributed by atoms with E-state index in [2.05, 4.69) is 26.0 Å². The molecule has 1 fully saturated rings. The Morgan fingerprint density at radius 2 is 1.52 bits per heavy atom. The standard InChI is InChI=1S/C41H69N3O6/c1-13-29(6)39(43(10)41(48)32(27(2)3)25-35(46)38(28(4)5)42(8)9)36(49-11)26-37(47)44-24-18-22-33(44)40(50-12)30(7)34(45)23-17-21-31-19-15-14-16-20-31/h14-16,19-20,27-30,32-33,36,38-40H,13,17-18,21-26H2,1-12H3/t29-,30-,32-,33-,36+,38-,39-,40+/m0/s1. The minimum atomic E-state index is -0.542. The number of benzene rings is 1. The molecule has 8 atom stereocenters. The molecule has 1 heterocycles. The number of nitrogens with zero attached hydrogens (tertiary/aromatic N) is 3. The Morgan fingerprint density at radius 1 is 0.880 bits per heavy atom. The van der Waals surface area contributed by atoms with Gasteiger partial charge < -0.3 is 19.3 Å². The molecule has 9 heteroatoms. The van der Waals surface area contributed by atoms with Gasteiger partial charge in [0, 0.05) is 52.5 Å². The van der Waals surface area contributed by atoms with Crippen molar-refractivity contribution in [1.82, 2.24) is 14.7 Å². The molecule has 1 aromatic rings. The molecule has 0 saturated carbocycles. The van der Waals surface area contributed by atoms with Crippen LogP contribution in [-0.2, 0) is 35.1 Å². The Balaban J connectivity index is 2.21. The average Bonchev–Trinajstić information content (AvgIpc) is 3.56. The van der Waals surface area contributed by atoms with Crippen molar-refractivity contribution in [3.63, 3.8) is 0 Å². The van der Waals surface area contributed by atoms with Crippen molar-refractivity contribution < 1.29 is 28.7 Å².